The van der Waals surface area contributed by atoms with Gasteiger partial charge in [-0.2, -0.15) is 13.2 Å². The molecule has 0 spiro atoms. The Bertz CT molecular complexity index is 1280. The first kappa shape index (κ1) is 20.0. The number of hydrogen-bond donors (Lipinski definition) is 2. The molecular weight excluding hydrogens is 421 g/mol. The van der Waals surface area contributed by atoms with Gasteiger partial charge in [-0.3, -0.25) is 4.98 Å². The van der Waals surface area contributed by atoms with E-state index in [9.17, 15) is 23.1 Å². The third-order valence-corrected chi connectivity index (χ3v) is 5.20. The lowest BCUT2D eigenvalue weighted by Gasteiger charge is -2.07. The number of pyridine rings is 1. The maximum Gasteiger partial charge on any atom is 0.416 e. The molecule has 0 aliphatic carbocycles. The average Bonchev–Trinajstić information content (AvgIpc) is 3.16. The molecule has 0 unspecified atom stereocenters. The van der Waals surface area contributed by atoms with Crippen LogP contribution in [-0.4, -0.2) is 20.3 Å². The number of alkyl halides is 3. The van der Waals surface area contributed by atoms with Crippen molar-refractivity contribution in [2.24, 2.45) is 0 Å². The van der Waals surface area contributed by atoms with Crippen LogP contribution in [0.4, 0.5) is 24.0 Å². The van der Waals surface area contributed by atoms with Crippen LogP contribution < -0.4 is 10.9 Å². The Morgan fingerprint density at radius 3 is 2.60 bits per heavy atom. The van der Waals surface area contributed by atoms with Crippen molar-refractivity contribution in [1.82, 2.24) is 15.2 Å². The Morgan fingerprint density at radius 2 is 1.93 bits per heavy atom. The minimum absolute atomic E-state index is 0.153. The van der Waals surface area contributed by atoms with Gasteiger partial charge in [0.2, 0.25) is 5.13 Å². The number of aliphatic hydroxyl groups is 1. The van der Waals surface area contributed by atoms with Crippen LogP contribution in [-0.2, 0) is 12.8 Å². The highest BCUT2D eigenvalue weighted by Crippen LogP contribution is 2.32. The van der Waals surface area contributed by atoms with E-state index >= 15 is 0 Å². The van der Waals surface area contributed by atoms with Crippen molar-refractivity contribution in [3.8, 4) is 10.6 Å². The minimum Gasteiger partial charge on any atom is -0.420 e. The molecular formula is C19H13F3N4O3S. The largest absolute Gasteiger partial charge is 0.420 e. The van der Waals surface area contributed by atoms with Crippen LogP contribution >= 0.6 is 11.3 Å². The molecule has 0 saturated heterocycles. The van der Waals surface area contributed by atoms with Crippen molar-refractivity contribution in [2.45, 2.75) is 19.7 Å². The average molecular weight is 434 g/mol. The lowest BCUT2D eigenvalue weighted by atomic mass is 10.1. The molecule has 7 nitrogen and oxygen atoms in total. The summed E-state index contributed by atoms with van der Waals surface area (Å²) < 4.78 is 43.4. The number of anilines is 2. The van der Waals surface area contributed by atoms with Crippen molar-refractivity contribution in [3.63, 3.8) is 0 Å². The van der Waals surface area contributed by atoms with E-state index in [-0.39, 0.29) is 27.9 Å². The molecule has 0 aliphatic heterocycles. The zero-order chi connectivity index (χ0) is 21.5. The lowest BCUT2D eigenvalue weighted by Crippen LogP contribution is -2.05. The number of nitrogens with zero attached hydrogens (tertiary/aromatic N) is 3. The Kier molecular flexibility index (Phi) is 5.00. The summed E-state index contributed by atoms with van der Waals surface area (Å²) in [5, 5.41) is 21.4. The van der Waals surface area contributed by atoms with Crippen molar-refractivity contribution in [3.05, 3.63) is 63.8 Å². The molecule has 30 heavy (non-hydrogen) atoms. The van der Waals surface area contributed by atoms with E-state index in [1.165, 1.54) is 18.3 Å². The van der Waals surface area contributed by atoms with E-state index in [4.69, 9.17) is 4.42 Å². The summed E-state index contributed by atoms with van der Waals surface area (Å²) >= 11 is 1.04. The maximum absolute atomic E-state index is 12.7. The fourth-order valence-corrected chi connectivity index (χ4v) is 3.57. The third kappa shape index (κ3) is 3.76. The van der Waals surface area contributed by atoms with Gasteiger partial charge in [-0.05, 0) is 37.3 Å². The van der Waals surface area contributed by atoms with Crippen LogP contribution in [0.1, 0.15) is 16.8 Å². The monoisotopic (exact) mass is 434 g/mol. The number of rotatable bonds is 4. The predicted molar refractivity (Wildman–Crippen MR) is 105 cm³/mol. The van der Waals surface area contributed by atoms with Gasteiger partial charge in [-0.15, -0.1) is 10.2 Å². The fourth-order valence-electron chi connectivity index (χ4n) is 2.81. The molecule has 0 amide bonds. The molecule has 2 N–H and O–H groups in total. The van der Waals surface area contributed by atoms with Gasteiger partial charge in [-0.1, -0.05) is 11.3 Å². The number of benzene rings is 1. The number of aryl methyl sites for hydroxylation is 1. The molecule has 154 valence electrons. The number of fused-ring (bicyclic) bond motifs is 1. The normalized spacial score (nSPS) is 11.8. The van der Waals surface area contributed by atoms with E-state index in [1.54, 1.807) is 13.0 Å². The standard InChI is InChI=1S/C19H13F3N4O3S/c1-9-15-13(10(8-27)7-23-9)6-14(17(28)29-15)16-25-26-18(30-16)24-12-4-2-11(3-5-12)19(20,21)22/h2-7,27H,8H2,1H3,(H,24,26). The molecule has 0 saturated carbocycles. The highest BCUT2D eigenvalue weighted by atomic mass is 32.1. The SMILES string of the molecule is Cc1ncc(CO)c2cc(-c3nnc(Nc4ccc(C(F)(F)F)cc4)s3)c(=O)oc12. The van der Waals surface area contributed by atoms with Gasteiger partial charge in [0.1, 0.15) is 0 Å². The molecule has 0 aliphatic rings. The van der Waals surface area contributed by atoms with E-state index < -0.39 is 17.4 Å². The lowest BCUT2D eigenvalue weighted by molar-refractivity contribution is -0.137. The second kappa shape index (κ2) is 7.50. The third-order valence-electron chi connectivity index (χ3n) is 4.33. The van der Waals surface area contributed by atoms with E-state index in [0.29, 0.717) is 22.3 Å². The van der Waals surface area contributed by atoms with Gasteiger partial charge in [0, 0.05) is 22.8 Å². The molecule has 0 radical (unpaired) electrons. The van der Waals surface area contributed by atoms with E-state index in [2.05, 4.69) is 20.5 Å². The summed E-state index contributed by atoms with van der Waals surface area (Å²) in [6.45, 7) is 1.40. The van der Waals surface area contributed by atoms with E-state index in [0.717, 1.165) is 23.5 Å². The molecule has 0 atom stereocenters. The summed E-state index contributed by atoms with van der Waals surface area (Å²) in [7, 11) is 0. The fraction of sp³-hybridized carbons (Fsp3) is 0.158. The first-order valence-electron chi connectivity index (χ1n) is 8.57. The Morgan fingerprint density at radius 1 is 1.20 bits per heavy atom. The Labute approximate surface area is 170 Å². The van der Waals surface area contributed by atoms with Gasteiger partial charge >= 0.3 is 11.8 Å². The van der Waals surface area contributed by atoms with E-state index in [1.807, 2.05) is 0 Å². The molecule has 0 fully saturated rings. The number of nitrogens with one attached hydrogen (secondary N) is 1. The van der Waals surface area contributed by atoms with Crippen molar-refractivity contribution < 1.29 is 22.7 Å². The summed E-state index contributed by atoms with van der Waals surface area (Å²) in [5.41, 5.74) is 0.425. The topological polar surface area (TPSA) is 101 Å². The number of hydrogen-bond acceptors (Lipinski definition) is 8. The minimum atomic E-state index is -4.42. The van der Waals surface area contributed by atoms with Crippen LogP contribution in [0.15, 0.2) is 45.7 Å². The molecule has 4 aromatic rings. The predicted octanol–water partition coefficient (Wildman–Crippen LogP) is 4.27. The van der Waals surface area contributed by atoms with Crippen LogP contribution in [0.2, 0.25) is 0 Å². The van der Waals surface area contributed by atoms with Crippen molar-refractivity contribution >= 4 is 33.1 Å². The summed E-state index contributed by atoms with van der Waals surface area (Å²) in [6, 6.07) is 6.02. The Balaban J connectivity index is 1.66. The van der Waals surface area contributed by atoms with Crippen LogP contribution in [0, 0.1) is 6.92 Å². The smallest absolute Gasteiger partial charge is 0.416 e. The van der Waals surface area contributed by atoms with Crippen molar-refractivity contribution in [2.75, 3.05) is 5.32 Å². The van der Waals surface area contributed by atoms with Gasteiger partial charge in [0.25, 0.3) is 0 Å². The highest BCUT2D eigenvalue weighted by Gasteiger charge is 2.30. The van der Waals surface area contributed by atoms with Crippen LogP contribution in [0.5, 0.6) is 0 Å². The maximum atomic E-state index is 12.7. The molecule has 4 rings (SSSR count). The van der Waals surface area contributed by atoms with Crippen molar-refractivity contribution in [1.29, 1.82) is 0 Å². The Hall–Kier alpha value is -3.31. The zero-order valence-electron chi connectivity index (χ0n) is 15.3. The quantitative estimate of drug-likeness (QED) is 0.495. The summed E-state index contributed by atoms with van der Waals surface area (Å²) in [4.78, 5) is 16.5. The summed E-state index contributed by atoms with van der Waals surface area (Å²) in [5.74, 6) is 0. The van der Waals surface area contributed by atoms with Gasteiger partial charge in [-0.25, -0.2) is 4.79 Å². The first-order chi connectivity index (χ1) is 14.3. The molecule has 11 heteroatoms. The number of halogens is 3. The van der Waals surface area contributed by atoms with Gasteiger partial charge in [0.05, 0.1) is 23.4 Å². The van der Waals surface area contributed by atoms with Crippen LogP contribution in [0.3, 0.4) is 0 Å². The van der Waals surface area contributed by atoms with Gasteiger partial charge in [0.15, 0.2) is 10.6 Å². The highest BCUT2D eigenvalue weighted by molar-refractivity contribution is 7.18. The molecule has 3 aromatic heterocycles. The second-order valence-electron chi connectivity index (χ2n) is 6.33. The molecule has 0 bridgehead atoms. The zero-order valence-corrected chi connectivity index (χ0v) is 16.1. The second-order valence-corrected chi connectivity index (χ2v) is 7.31. The first-order valence-corrected chi connectivity index (χ1v) is 9.39. The molecule has 3 heterocycles. The van der Waals surface area contributed by atoms with Gasteiger partial charge < -0.3 is 14.8 Å². The van der Waals surface area contributed by atoms with Crippen LogP contribution in [0.25, 0.3) is 21.5 Å². The molecule has 1 aromatic carbocycles. The summed E-state index contributed by atoms with van der Waals surface area (Å²) in [6.07, 6.45) is -2.92. The number of aliphatic hydroxyl groups excluding tert-OH is 1. The number of aromatic nitrogens is 3.